The normalized spacial score (nSPS) is 16.1. The minimum absolute atomic E-state index is 0.0394. The number of anilines is 1. The number of amides is 1. The van der Waals surface area contributed by atoms with Crippen molar-refractivity contribution in [2.24, 2.45) is 0 Å². The Kier molecular flexibility index (Phi) is 6.21. The molecule has 2 aromatic carbocycles. The fraction of sp³-hybridized carbons (Fsp3) is 0.286. The van der Waals surface area contributed by atoms with Gasteiger partial charge in [-0.2, -0.15) is 0 Å². The van der Waals surface area contributed by atoms with E-state index in [9.17, 15) is 9.18 Å². The number of halogens is 1. The zero-order chi connectivity index (χ0) is 20.1. The van der Waals surface area contributed by atoms with Gasteiger partial charge in [0, 0.05) is 22.9 Å². The van der Waals surface area contributed by atoms with Gasteiger partial charge in [0.05, 0.1) is 12.6 Å². The highest BCUT2D eigenvalue weighted by Gasteiger charge is 2.24. The van der Waals surface area contributed by atoms with E-state index < -0.39 is 0 Å². The first-order valence-corrected chi connectivity index (χ1v) is 10.5. The summed E-state index contributed by atoms with van der Waals surface area (Å²) in [5.74, 6) is -0.0805. The second kappa shape index (κ2) is 9.19. The summed E-state index contributed by atoms with van der Waals surface area (Å²) in [6, 6.07) is 15.5. The maximum absolute atomic E-state index is 13.1. The SMILES string of the molecule is O=C(Nc1ccccc1)c1c(CSc2ccc(F)cc2)nnn1CC1CCCO1. The van der Waals surface area contributed by atoms with Crippen LogP contribution in [0.4, 0.5) is 10.1 Å². The number of ether oxygens (including phenoxy) is 1. The minimum atomic E-state index is -0.278. The van der Waals surface area contributed by atoms with E-state index in [1.54, 1.807) is 16.8 Å². The number of thioether (sulfide) groups is 1. The number of nitrogens with one attached hydrogen (secondary N) is 1. The predicted molar refractivity (Wildman–Crippen MR) is 109 cm³/mol. The van der Waals surface area contributed by atoms with E-state index in [-0.39, 0.29) is 17.8 Å². The molecule has 3 aromatic rings. The van der Waals surface area contributed by atoms with Gasteiger partial charge in [0.1, 0.15) is 11.5 Å². The molecule has 1 atom stereocenters. The molecule has 1 aromatic heterocycles. The molecule has 0 aliphatic carbocycles. The zero-order valence-electron chi connectivity index (χ0n) is 15.8. The lowest BCUT2D eigenvalue weighted by molar-refractivity contribution is 0.0899. The number of hydrogen-bond donors (Lipinski definition) is 1. The lowest BCUT2D eigenvalue weighted by atomic mass is 10.2. The lowest BCUT2D eigenvalue weighted by Gasteiger charge is -2.12. The van der Waals surface area contributed by atoms with Crippen LogP contribution in [0.25, 0.3) is 0 Å². The van der Waals surface area contributed by atoms with Crippen LogP contribution in [0.1, 0.15) is 29.0 Å². The van der Waals surface area contributed by atoms with Crippen molar-refractivity contribution >= 4 is 23.4 Å². The molecular weight excluding hydrogens is 391 g/mol. The molecule has 4 rings (SSSR count). The van der Waals surface area contributed by atoms with Crippen molar-refractivity contribution < 1.29 is 13.9 Å². The summed E-state index contributed by atoms with van der Waals surface area (Å²) in [5.41, 5.74) is 1.73. The number of carbonyl (C=O) groups excluding carboxylic acids is 1. The van der Waals surface area contributed by atoms with Gasteiger partial charge in [0.2, 0.25) is 0 Å². The summed E-state index contributed by atoms with van der Waals surface area (Å²) in [4.78, 5) is 13.9. The van der Waals surface area contributed by atoms with Crippen LogP contribution in [0.5, 0.6) is 0 Å². The third kappa shape index (κ3) is 5.02. The third-order valence-corrected chi connectivity index (χ3v) is 5.66. The molecule has 0 bridgehead atoms. The van der Waals surface area contributed by atoms with E-state index in [0.29, 0.717) is 29.4 Å². The molecular formula is C21H21FN4O2S. The zero-order valence-corrected chi connectivity index (χ0v) is 16.6. The maximum atomic E-state index is 13.1. The van der Waals surface area contributed by atoms with Gasteiger partial charge in [-0.3, -0.25) is 4.79 Å². The molecule has 6 nitrogen and oxygen atoms in total. The topological polar surface area (TPSA) is 69.0 Å². The van der Waals surface area contributed by atoms with E-state index in [1.165, 1.54) is 23.9 Å². The van der Waals surface area contributed by atoms with Crippen LogP contribution in [-0.4, -0.2) is 33.6 Å². The quantitative estimate of drug-likeness (QED) is 0.591. The third-order valence-electron chi connectivity index (χ3n) is 4.64. The van der Waals surface area contributed by atoms with Gasteiger partial charge < -0.3 is 10.1 Å². The smallest absolute Gasteiger partial charge is 0.275 e. The number of carbonyl (C=O) groups is 1. The highest BCUT2D eigenvalue weighted by Crippen LogP contribution is 2.25. The standard InChI is InChI=1S/C21H21FN4O2S/c22-15-8-10-18(11-9-15)29-14-19-20(21(27)23-16-5-2-1-3-6-16)26(25-24-19)13-17-7-4-12-28-17/h1-3,5-6,8-11,17H,4,7,12-14H2,(H,23,27). The summed E-state index contributed by atoms with van der Waals surface area (Å²) in [6.45, 7) is 1.23. The Morgan fingerprint density at radius 2 is 2.00 bits per heavy atom. The van der Waals surface area contributed by atoms with Crippen molar-refractivity contribution in [1.29, 1.82) is 0 Å². The number of aromatic nitrogens is 3. The molecule has 29 heavy (non-hydrogen) atoms. The van der Waals surface area contributed by atoms with Crippen LogP contribution in [-0.2, 0) is 17.0 Å². The van der Waals surface area contributed by atoms with Gasteiger partial charge in [0.15, 0.2) is 5.69 Å². The molecule has 1 fully saturated rings. The number of benzene rings is 2. The van der Waals surface area contributed by atoms with E-state index in [0.717, 1.165) is 24.3 Å². The minimum Gasteiger partial charge on any atom is -0.376 e. The summed E-state index contributed by atoms with van der Waals surface area (Å²) >= 11 is 1.48. The maximum Gasteiger partial charge on any atom is 0.275 e. The molecule has 1 saturated heterocycles. The summed E-state index contributed by atoms with van der Waals surface area (Å²) in [7, 11) is 0. The molecule has 1 unspecified atom stereocenters. The molecule has 1 aliphatic rings. The molecule has 1 N–H and O–H groups in total. The van der Waals surface area contributed by atoms with Gasteiger partial charge in [0.25, 0.3) is 5.91 Å². The number of rotatable bonds is 7. The Morgan fingerprint density at radius 3 is 2.72 bits per heavy atom. The van der Waals surface area contributed by atoms with Crippen LogP contribution >= 0.6 is 11.8 Å². The van der Waals surface area contributed by atoms with E-state index >= 15 is 0 Å². The molecule has 0 spiro atoms. The van der Waals surface area contributed by atoms with Crippen molar-refractivity contribution in [2.45, 2.75) is 36.1 Å². The van der Waals surface area contributed by atoms with Crippen LogP contribution in [0.2, 0.25) is 0 Å². The van der Waals surface area contributed by atoms with E-state index in [2.05, 4.69) is 15.6 Å². The average molecular weight is 412 g/mol. The first kappa shape index (κ1) is 19.6. The van der Waals surface area contributed by atoms with Gasteiger partial charge in [-0.1, -0.05) is 23.4 Å². The molecule has 1 amide bonds. The lowest BCUT2D eigenvalue weighted by Crippen LogP contribution is -2.23. The molecule has 0 radical (unpaired) electrons. The second-order valence-corrected chi connectivity index (χ2v) is 7.81. The summed E-state index contributed by atoms with van der Waals surface area (Å²) in [5, 5.41) is 11.4. The predicted octanol–water partition coefficient (Wildman–Crippen LogP) is 4.14. The Morgan fingerprint density at radius 1 is 1.21 bits per heavy atom. The Labute approximate surface area is 172 Å². The van der Waals surface area contributed by atoms with Crippen molar-refractivity contribution in [2.75, 3.05) is 11.9 Å². The Bertz CT molecular complexity index is 957. The number of para-hydroxylation sites is 1. The van der Waals surface area contributed by atoms with Gasteiger partial charge in [-0.05, 0) is 49.2 Å². The highest BCUT2D eigenvalue weighted by atomic mass is 32.2. The average Bonchev–Trinajstić information content (AvgIpc) is 3.38. The Hall–Kier alpha value is -2.71. The Balaban J connectivity index is 1.55. The van der Waals surface area contributed by atoms with Gasteiger partial charge >= 0.3 is 0 Å². The second-order valence-electron chi connectivity index (χ2n) is 6.76. The molecule has 150 valence electrons. The first-order valence-electron chi connectivity index (χ1n) is 9.48. The summed E-state index contributed by atoms with van der Waals surface area (Å²) in [6.07, 6.45) is 2.00. The summed E-state index contributed by atoms with van der Waals surface area (Å²) < 4.78 is 20.5. The van der Waals surface area contributed by atoms with Crippen molar-refractivity contribution in [1.82, 2.24) is 15.0 Å². The number of hydrogen-bond acceptors (Lipinski definition) is 5. The molecule has 1 aliphatic heterocycles. The van der Waals surface area contributed by atoms with Crippen molar-refractivity contribution in [3.8, 4) is 0 Å². The van der Waals surface area contributed by atoms with Crippen molar-refractivity contribution in [3.63, 3.8) is 0 Å². The van der Waals surface area contributed by atoms with Crippen LogP contribution < -0.4 is 5.32 Å². The number of nitrogens with zero attached hydrogens (tertiary/aromatic N) is 3. The van der Waals surface area contributed by atoms with E-state index in [4.69, 9.17) is 4.74 Å². The van der Waals surface area contributed by atoms with Crippen molar-refractivity contribution in [3.05, 3.63) is 71.8 Å². The fourth-order valence-electron chi connectivity index (χ4n) is 3.20. The van der Waals surface area contributed by atoms with Crippen LogP contribution in [0.3, 0.4) is 0 Å². The largest absolute Gasteiger partial charge is 0.376 e. The molecule has 0 saturated carbocycles. The van der Waals surface area contributed by atoms with E-state index in [1.807, 2.05) is 30.3 Å². The molecule has 2 heterocycles. The highest BCUT2D eigenvalue weighted by molar-refractivity contribution is 7.98. The van der Waals surface area contributed by atoms with Gasteiger partial charge in [-0.15, -0.1) is 16.9 Å². The fourth-order valence-corrected chi connectivity index (χ4v) is 4.02. The van der Waals surface area contributed by atoms with Crippen LogP contribution in [0.15, 0.2) is 59.5 Å². The first-order chi connectivity index (χ1) is 14.2. The monoisotopic (exact) mass is 412 g/mol. The van der Waals surface area contributed by atoms with Crippen LogP contribution in [0, 0.1) is 5.82 Å². The molecule has 8 heteroatoms. The van der Waals surface area contributed by atoms with Gasteiger partial charge in [-0.25, -0.2) is 9.07 Å².